The van der Waals surface area contributed by atoms with Gasteiger partial charge in [-0.1, -0.05) is 29.8 Å². The average molecular weight is 621 g/mol. The largest absolute Gasteiger partial charge is 0.379 e. The highest BCUT2D eigenvalue weighted by atomic mass is 32.2. The summed E-state index contributed by atoms with van der Waals surface area (Å²) >= 11 is 0. The Labute approximate surface area is 261 Å². The van der Waals surface area contributed by atoms with Crippen molar-refractivity contribution in [2.45, 2.75) is 53.1 Å². The zero-order valence-electron chi connectivity index (χ0n) is 26.3. The summed E-state index contributed by atoms with van der Waals surface area (Å²) in [6.45, 7) is 12.8. The maximum Gasteiger partial charge on any atom is 0.254 e. The summed E-state index contributed by atoms with van der Waals surface area (Å²) in [6, 6.07) is 12.6. The van der Waals surface area contributed by atoms with Gasteiger partial charge in [0.25, 0.3) is 11.8 Å². The van der Waals surface area contributed by atoms with Gasteiger partial charge in [0.2, 0.25) is 0 Å². The Bertz CT molecular complexity index is 1540. The first-order valence-electron chi connectivity index (χ1n) is 15.6. The summed E-state index contributed by atoms with van der Waals surface area (Å²) in [6.07, 6.45) is 3.01. The molecule has 0 saturated carbocycles. The molecule has 2 aromatic carbocycles. The third kappa shape index (κ3) is 7.47. The lowest BCUT2D eigenvalue weighted by Gasteiger charge is -2.37. The van der Waals surface area contributed by atoms with E-state index in [9.17, 15) is 18.0 Å². The number of sulfone groups is 1. The Kier molecular flexibility index (Phi) is 10.0. The van der Waals surface area contributed by atoms with Crippen molar-refractivity contribution in [1.29, 1.82) is 0 Å². The molecule has 0 aromatic heterocycles. The van der Waals surface area contributed by atoms with Crippen LogP contribution in [0.5, 0.6) is 0 Å². The molecule has 1 atom stereocenters. The summed E-state index contributed by atoms with van der Waals surface area (Å²) < 4.78 is 29.9. The molecule has 2 saturated heterocycles. The Morgan fingerprint density at radius 1 is 1.05 bits per heavy atom. The summed E-state index contributed by atoms with van der Waals surface area (Å²) in [4.78, 5) is 35.1. The van der Waals surface area contributed by atoms with Gasteiger partial charge in [0, 0.05) is 55.7 Å². The lowest BCUT2D eigenvalue weighted by Crippen LogP contribution is -2.42. The number of allylic oxidation sites excluding steroid dienone is 1. The summed E-state index contributed by atoms with van der Waals surface area (Å²) in [5.74, 6) is -0.621. The quantitative estimate of drug-likeness (QED) is 0.448. The fourth-order valence-electron chi connectivity index (χ4n) is 6.48. The number of ether oxygens (including phenoxy) is 1. The van der Waals surface area contributed by atoms with Crippen molar-refractivity contribution in [1.82, 2.24) is 10.2 Å². The first-order valence-corrected chi connectivity index (χ1v) is 17.4. The van der Waals surface area contributed by atoms with Crippen LogP contribution in [-0.4, -0.2) is 87.8 Å². The van der Waals surface area contributed by atoms with Crippen LogP contribution in [0, 0.1) is 12.8 Å². The number of hydrogen-bond acceptors (Lipinski definition) is 7. The van der Waals surface area contributed by atoms with E-state index in [0.29, 0.717) is 30.7 Å². The molecule has 3 heterocycles. The van der Waals surface area contributed by atoms with Crippen LogP contribution in [0.1, 0.15) is 55.1 Å². The van der Waals surface area contributed by atoms with Crippen molar-refractivity contribution in [3.8, 4) is 11.1 Å². The zero-order valence-corrected chi connectivity index (χ0v) is 27.1. The Hall–Kier alpha value is -3.34. The van der Waals surface area contributed by atoms with Crippen molar-refractivity contribution in [3.05, 3.63) is 64.7 Å². The lowest BCUT2D eigenvalue weighted by molar-refractivity contribution is -0.120. The van der Waals surface area contributed by atoms with Gasteiger partial charge in [-0.25, -0.2) is 13.4 Å². The SMILES string of the molecule is CCN(c1cc(-c2ccc(CN3CCOCC3)cc2)cc(C(=O)NCC2C(=O)N=C(C)C=C2C)c1C)C1CCS(=O)(=O)CC1. The van der Waals surface area contributed by atoms with Crippen molar-refractivity contribution in [2.24, 2.45) is 10.9 Å². The molecule has 5 rings (SSSR count). The van der Waals surface area contributed by atoms with Gasteiger partial charge < -0.3 is 15.0 Å². The maximum atomic E-state index is 13.8. The van der Waals surface area contributed by atoms with Crippen LogP contribution < -0.4 is 10.2 Å². The molecule has 1 N–H and O–H groups in total. The van der Waals surface area contributed by atoms with Gasteiger partial charge in [-0.15, -0.1) is 0 Å². The molecular formula is C34H44N4O5S. The lowest BCUT2D eigenvalue weighted by atomic mass is 9.94. The van der Waals surface area contributed by atoms with E-state index in [0.717, 1.165) is 60.8 Å². The van der Waals surface area contributed by atoms with Crippen LogP contribution in [0.25, 0.3) is 11.1 Å². The predicted molar refractivity (Wildman–Crippen MR) is 175 cm³/mol. The topological polar surface area (TPSA) is 108 Å². The van der Waals surface area contributed by atoms with E-state index < -0.39 is 15.8 Å². The van der Waals surface area contributed by atoms with E-state index in [2.05, 4.69) is 57.4 Å². The summed E-state index contributed by atoms with van der Waals surface area (Å²) in [7, 11) is -3.01. The molecule has 10 heteroatoms. The number of nitrogens with one attached hydrogen (secondary N) is 1. The molecule has 0 spiro atoms. The fourth-order valence-corrected chi connectivity index (χ4v) is 7.95. The standard InChI is InChI=1S/C34H44N4O5S/c1-5-38(29-10-16-44(41,42)17-11-29)32-20-28(27-8-6-26(7-9-27)22-37-12-14-43-15-13-37)19-30(25(32)4)33(39)35-21-31-23(2)18-24(3)36-34(31)40/h6-9,18-20,29,31H,5,10-17,21-22H2,1-4H3,(H,35,39). The van der Waals surface area contributed by atoms with Crippen LogP contribution in [0.4, 0.5) is 5.69 Å². The van der Waals surface area contributed by atoms with Gasteiger partial charge >= 0.3 is 0 Å². The highest BCUT2D eigenvalue weighted by Gasteiger charge is 2.30. The van der Waals surface area contributed by atoms with Crippen molar-refractivity contribution < 1.29 is 22.7 Å². The van der Waals surface area contributed by atoms with Crippen molar-refractivity contribution >= 4 is 33.1 Å². The number of carbonyl (C=O) groups excluding carboxylic acids is 2. The Balaban J connectivity index is 1.45. The third-order valence-electron chi connectivity index (χ3n) is 9.07. The summed E-state index contributed by atoms with van der Waals surface area (Å²) in [5, 5.41) is 3.01. The second-order valence-electron chi connectivity index (χ2n) is 12.2. The molecule has 44 heavy (non-hydrogen) atoms. The zero-order chi connectivity index (χ0) is 31.4. The van der Waals surface area contributed by atoms with Crippen LogP contribution in [0.15, 0.2) is 53.0 Å². The average Bonchev–Trinajstić information content (AvgIpc) is 2.99. The van der Waals surface area contributed by atoms with Crippen LogP contribution in [0.2, 0.25) is 0 Å². The molecule has 3 aliphatic rings. The number of aliphatic imine (C=N–C) groups is 1. The van der Waals surface area contributed by atoms with Crippen LogP contribution >= 0.6 is 0 Å². The first-order chi connectivity index (χ1) is 21.0. The highest BCUT2D eigenvalue weighted by Crippen LogP contribution is 2.34. The van der Waals surface area contributed by atoms with E-state index in [1.54, 1.807) is 6.92 Å². The molecular weight excluding hydrogens is 576 g/mol. The number of nitrogens with zero attached hydrogens (tertiary/aromatic N) is 3. The number of hydrogen-bond donors (Lipinski definition) is 1. The Morgan fingerprint density at radius 2 is 1.73 bits per heavy atom. The minimum Gasteiger partial charge on any atom is -0.379 e. The molecule has 1 unspecified atom stereocenters. The molecule has 0 aliphatic carbocycles. The molecule has 236 valence electrons. The number of carbonyl (C=O) groups is 2. The number of rotatable bonds is 9. The fraction of sp³-hybridized carbons (Fsp3) is 0.500. The monoisotopic (exact) mass is 620 g/mol. The second-order valence-corrected chi connectivity index (χ2v) is 14.5. The van der Waals surface area contributed by atoms with E-state index >= 15 is 0 Å². The molecule has 0 radical (unpaired) electrons. The second kappa shape index (κ2) is 13.7. The first kappa shape index (κ1) is 32.1. The minimum atomic E-state index is -3.01. The van der Waals surface area contributed by atoms with Gasteiger partial charge in [-0.2, -0.15) is 0 Å². The van der Waals surface area contributed by atoms with Crippen molar-refractivity contribution in [2.75, 3.05) is 55.8 Å². The third-order valence-corrected chi connectivity index (χ3v) is 10.8. The van der Waals surface area contributed by atoms with Crippen LogP contribution in [-0.2, 0) is 25.9 Å². The van der Waals surface area contributed by atoms with Gasteiger partial charge in [-0.3, -0.25) is 14.5 Å². The highest BCUT2D eigenvalue weighted by molar-refractivity contribution is 7.91. The Morgan fingerprint density at radius 3 is 2.36 bits per heavy atom. The van der Waals surface area contributed by atoms with Gasteiger partial charge in [0.1, 0.15) is 9.84 Å². The van der Waals surface area contributed by atoms with Crippen molar-refractivity contribution in [3.63, 3.8) is 0 Å². The number of morpholine rings is 1. The minimum absolute atomic E-state index is 0.0676. The number of anilines is 1. The van der Waals surface area contributed by atoms with Crippen LogP contribution in [0.3, 0.4) is 0 Å². The predicted octanol–water partition coefficient (Wildman–Crippen LogP) is 4.19. The molecule has 3 aliphatic heterocycles. The van der Waals surface area contributed by atoms with E-state index in [-0.39, 0.29) is 35.9 Å². The maximum absolute atomic E-state index is 13.8. The number of benzene rings is 2. The molecule has 2 amide bonds. The number of dihydropyridines is 1. The van der Waals surface area contributed by atoms with Gasteiger partial charge in [0.15, 0.2) is 0 Å². The summed E-state index contributed by atoms with van der Waals surface area (Å²) in [5.41, 5.74) is 7.01. The van der Waals surface area contributed by atoms with E-state index in [4.69, 9.17) is 4.74 Å². The van der Waals surface area contributed by atoms with Gasteiger partial charge in [-0.05, 0) is 81.0 Å². The smallest absolute Gasteiger partial charge is 0.254 e. The van der Waals surface area contributed by atoms with E-state index in [1.807, 2.05) is 26.0 Å². The van der Waals surface area contributed by atoms with E-state index in [1.165, 1.54) is 5.56 Å². The molecule has 0 bridgehead atoms. The van der Waals surface area contributed by atoms with Gasteiger partial charge in [0.05, 0.1) is 30.6 Å². The normalized spacial score (nSPS) is 21.0. The molecule has 9 nitrogen and oxygen atoms in total. The molecule has 2 fully saturated rings. The number of amides is 2. The molecule has 2 aromatic rings.